The summed E-state index contributed by atoms with van der Waals surface area (Å²) in [6.07, 6.45) is 1.62. The first-order chi connectivity index (χ1) is 9.25. The van der Waals surface area contributed by atoms with Gasteiger partial charge in [-0.2, -0.15) is 13.8 Å². The molecule has 2 heterocycles. The fourth-order valence-corrected chi connectivity index (χ4v) is 2.18. The van der Waals surface area contributed by atoms with Crippen molar-refractivity contribution in [3.63, 3.8) is 0 Å². The van der Waals surface area contributed by atoms with E-state index in [2.05, 4.69) is 34.2 Å². The number of nitrogens with one attached hydrogen (secondary N) is 1. The van der Waals surface area contributed by atoms with Gasteiger partial charge in [0.05, 0.1) is 17.9 Å². The van der Waals surface area contributed by atoms with Crippen LogP contribution in [0.25, 0.3) is 11.0 Å². The SMILES string of the molecule is Cc1ccc(/C=N\Nc2nonc2N)c2nsnc12. The molecule has 0 fully saturated rings. The number of benzene rings is 1. The molecule has 0 saturated carbocycles. The summed E-state index contributed by atoms with van der Waals surface area (Å²) < 4.78 is 12.9. The van der Waals surface area contributed by atoms with Crippen LogP contribution < -0.4 is 11.2 Å². The summed E-state index contributed by atoms with van der Waals surface area (Å²) in [6, 6.07) is 3.89. The second-order valence-electron chi connectivity index (χ2n) is 3.80. The number of anilines is 2. The van der Waals surface area contributed by atoms with Crippen molar-refractivity contribution in [3.05, 3.63) is 23.3 Å². The van der Waals surface area contributed by atoms with Crippen LogP contribution in [0.15, 0.2) is 21.9 Å². The Labute approximate surface area is 111 Å². The molecular formula is C10H9N7OS. The van der Waals surface area contributed by atoms with E-state index in [1.807, 2.05) is 19.1 Å². The highest BCUT2D eigenvalue weighted by Crippen LogP contribution is 2.19. The number of nitrogens with zero attached hydrogens (tertiary/aromatic N) is 5. The largest absolute Gasteiger partial charge is 0.378 e. The zero-order valence-electron chi connectivity index (χ0n) is 9.86. The molecule has 0 radical (unpaired) electrons. The van der Waals surface area contributed by atoms with Gasteiger partial charge in [-0.05, 0) is 22.8 Å². The summed E-state index contributed by atoms with van der Waals surface area (Å²) in [7, 11) is 0. The lowest BCUT2D eigenvalue weighted by Gasteiger charge is -1.97. The highest BCUT2D eigenvalue weighted by atomic mass is 32.1. The van der Waals surface area contributed by atoms with Crippen molar-refractivity contribution in [2.45, 2.75) is 6.92 Å². The van der Waals surface area contributed by atoms with Crippen LogP contribution in [-0.4, -0.2) is 25.3 Å². The van der Waals surface area contributed by atoms with Crippen molar-refractivity contribution in [3.8, 4) is 0 Å². The maximum Gasteiger partial charge on any atom is 0.235 e. The van der Waals surface area contributed by atoms with Crippen LogP contribution in [0.2, 0.25) is 0 Å². The maximum atomic E-state index is 5.49. The van der Waals surface area contributed by atoms with Crippen molar-refractivity contribution in [2.24, 2.45) is 5.10 Å². The van der Waals surface area contributed by atoms with Gasteiger partial charge in [0.25, 0.3) is 0 Å². The van der Waals surface area contributed by atoms with Gasteiger partial charge in [-0.1, -0.05) is 12.1 Å². The molecule has 0 aliphatic rings. The molecule has 3 N–H and O–H groups in total. The molecule has 3 rings (SSSR count). The van der Waals surface area contributed by atoms with Crippen molar-refractivity contribution in [1.82, 2.24) is 19.1 Å². The fourth-order valence-electron chi connectivity index (χ4n) is 1.55. The quantitative estimate of drug-likeness (QED) is 0.548. The van der Waals surface area contributed by atoms with Gasteiger partial charge >= 0.3 is 0 Å². The minimum absolute atomic E-state index is 0.154. The van der Waals surface area contributed by atoms with E-state index in [9.17, 15) is 0 Å². The molecule has 0 bridgehead atoms. The van der Waals surface area contributed by atoms with Crippen molar-refractivity contribution < 1.29 is 4.63 Å². The third-order valence-corrected chi connectivity index (χ3v) is 3.06. The highest BCUT2D eigenvalue weighted by Gasteiger charge is 2.07. The number of hydrogen-bond acceptors (Lipinski definition) is 9. The van der Waals surface area contributed by atoms with Gasteiger partial charge in [0.15, 0.2) is 0 Å². The number of nitrogen functional groups attached to an aromatic ring is 1. The van der Waals surface area contributed by atoms with Crippen molar-refractivity contribution in [1.29, 1.82) is 0 Å². The molecule has 9 heteroatoms. The first-order valence-corrected chi connectivity index (χ1v) is 6.07. The fraction of sp³-hybridized carbons (Fsp3) is 0.100. The van der Waals surface area contributed by atoms with Gasteiger partial charge in [0.1, 0.15) is 11.0 Å². The normalized spacial score (nSPS) is 11.4. The third-order valence-electron chi connectivity index (χ3n) is 2.54. The van der Waals surface area contributed by atoms with Crippen LogP contribution in [0, 0.1) is 6.92 Å². The summed E-state index contributed by atoms with van der Waals surface area (Å²) in [5.41, 5.74) is 11.8. The van der Waals surface area contributed by atoms with Gasteiger partial charge in [0, 0.05) is 5.56 Å². The summed E-state index contributed by atoms with van der Waals surface area (Å²) in [5.74, 6) is 0.428. The zero-order valence-corrected chi connectivity index (χ0v) is 10.7. The van der Waals surface area contributed by atoms with E-state index < -0.39 is 0 Å². The van der Waals surface area contributed by atoms with Gasteiger partial charge < -0.3 is 5.73 Å². The first-order valence-electron chi connectivity index (χ1n) is 5.34. The number of nitrogens with two attached hydrogens (primary N) is 1. The maximum absolute atomic E-state index is 5.49. The molecule has 8 nitrogen and oxygen atoms in total. The lowest BCUT2D eigenvalue weighted by Crippen LogP contribution is -1.96. The molecule has 3 aromatic rings. The van der Waals surface area contributed by atoms with E-state index in [1.54, 1.807) is 6.21 Å². The standard InChI is InChI=1S/C10H9N7OS/c1-5-2-3-6(8-7(5)16-19-17-8)4-12-13-10-9(11)14-18-15-10/h2-4H,1H3,(H2,11,14)(H,13,15)/b12-4-. The van der Waals surface area contributed by atoms with E-state index in [0.717, 1.165) is 22.2 Å². The number of aryl methyl sites for hydroxylation is 1. The van der Waals surface area contributed by atoms with E-state index in [-0.39, 0.29) is 11.6 Å². The minimum Gasteiger partial charge on any atom is -0.378 e. The number of rotatable bonds is 3. The molecule has 0 spiro atoms. The average Bonchev–Trinajstić information content (AvgIpc) is 3.02. The zero-order chi connectivity index (χ0) is 13.2. The summed E-state index contributed by atoms with van der Waals surface area (Å²) in [6.45, 7) is 1.99. The van der Waals surface area contributed by atoms with Crippen LogP contribution in [0.4, 0.5) is 11.6 Å². The molecule has 96 valence electrons. The topological polar surface area (TPSA) is 115 Å². The Morgan fingerprint density at radius 3 is 2.95 bits per heavy atom. The molecule has 0 saturated heterocycles. The number of hydrazone groups is 1. The van der Waals surface area contributed by atoms with Crippen molar-refractivity contribution in [2.75, 3.05) is 11.2 Å². The number of hydrogen-bond donors (Lipinski definition) is 2. The molecular weight excluding hydrogens is 266 g/mol. The summed E-state index contributed by atoms with van der Waals surface area (Å²) >= 11 is 1.18. The molecule has 19 heavy (non-hydrogen) atoms. The monoisotopic (exact) mass is 275 g/mol. The lowest BCUT2D eigenvalue weighted by atomic mass is 10.1. The summed E-state index contributed by atoms with van der Waals surface area (Å²) in [4.78, 5) is 0. The Bertz CT molecular complexity index is 747. The molecule has 0 amide bonds. The first kappa shape index (κ1) is 11.5. The molecule has 2 aromatic heterocycles. The number of aromatic nitrogens is 4. The Morgan fingerprint density at radius 1 is 1.32 bits per heavy atom. The van der Waals surface area contributed by atoms with Gasteiger partial charge in [0.2, 0.25) is 11.6 Å². The van der Waals surface area contributed by atoms with Crippen LogP contribution in [0.1, 0.15) is 11.1 Å². The smallest absolute Gasteiger partial charge is 0.235 e. The van der Waals surface area contributed by atoms with E-state index in [1.165, 1.54) is 11.7 Å². The summed E-state index contributed by atoms with van der Waals surface area (Å²) in [5, 5.41) is 11.0. The number of fused-ring (bicyclic) bond motifs is 1. The lowest BCUT2D eigenvalue weighted by molar-refractivity contribution is 0.310. The minimum atomic E-state index is 0.154. The predicted molar refractivity (Wildman–Crippen MR) is 72.1 cm³/mol. The van der Waals surface area contributed by atoms with Gasteiger partial charge in [-0.25, -0.2) is 4.63 Å². The average molecular weight is 275 g/mol. The molecule has 0 aliphatic heterocycles. The van der Waals surface area contributed by atoms with Crippen LogP contribution in [-0.2, 0) is 0 Å². The third kappa shape index (κ3) is 2.10. The van der Waals surface area contributed by atoms with E-state index >= 15 is 0 Å². The van der Waals surface area contributed by atoms with E-state index in [4.69, 9.17) is 5.73 Å². The van der Waals surface area contributed by atoms with E-state index in [0.29, 0.717) is 0 Å². The second-order valence-corrected chi connectivity index (χ2v) is 4.33. The molecule has 0 atom stereocenters. The van der Waals surface area contributed by atoms with Gasteiger partial charge in [-0.3, -0.25) is 5.43 Å². The van der Waals surface area contributed by atoms with Crippen molar-refractivity contribution >= 4 is 40.6 Å². The molecule has 0 aliphatic carbocycles. The Hall–Kier alpha value is -2.55. The Kier molecular flexibility index (Phi) is 2.80. The highest BCUT2D eigenvalue weighted by molar-refractivity contribution is 7.00. The van der Waals surface area contributed by atoms with Crippen LogP contribution in [0.3, 0.4) is 0 Å². The van der Waals surface area contributed by atoms with Gasteiger partial charge in [-0.15, -0.1) is 0 Å². The van der Waals surface area contributed by atoms with Crippen LogP contribution >= 0.6 is 11.7 Å². The molecule has 1 aromatic carbocycles. The van der Waals surface area contributed by atoms with Crippen LogP contribution in [0.5, 0.6) is 0 Å². The Morgan fingerprint density at radius 2 is 2.16 bits per heavy atom. The predicted octanol–water partition coefficient (Wildman–Crippen LogP) is 1.41. The molecule has 0 unspecified atom stereocenters. The Balaban J connectivity index is 1.87. The second kappa shape index (κ2) is 4.61.